The van der Waals surface area contributed by atoms with Crippen LogP contribution in [0.25, 0.3) is 0 Å². The number of hydrogen-bond donors (Lipinski definition) is 1. The van der Waals surface area contributed by atoms with Crippen LogP contribution in [0.3, 0.4) is 0 Å². The highest BCUT2D eigenvalue weighted by Gasteiger charge is 2.37. The maximum atomic E-state index is 12.3. The molecular formula is C15H28F3NO. The third-order valence-corrected chi connectivity index (χ3v) is 4.38. The summed E-state index contributed by atoms with van der Waals surface area (Å²) in [5.41, 5.74) is -0.396. The lowest BCUT2D eigenvalue weighted by Crippen LogP contribution is -2.47. The number of alkyl halides is 3. The summed E-state index contributed by atoms with van der Waals surface area (Å²) in [7, 11) is 0. The minimum Gasteiger partial charge on any atom is -0.373 e. The van der Waals surface area contributed by atoms with Gasteiger partial charge in [0, 0.05) is 6.54 Å². The number of nitrogens with one attached hydrogen (secondary N) is 1. The van der Waals surface area contributed by atoms with Gasteiger partial charge in [-0.05, 0) is 44.1 Å². The molecule has 0 atom stereocenters. The third-order valence-electron chi connectivity index (χ3n) is 4.38. The maximum Gasteiger partial charge on any atom is 0.391 e. The van der Waals surface area contributed by atoms with Crippen LogP contribution in [0.5, 0.6) is 0 Å². The molecule has 0 saturated heterocycles. The molecule has 0 unspecified atom stereocenters. The van der Waals surface area contributed by atoms with E-state index in [0.29, 0.717) is 18.4 Å². The summed E-state index contributed by atoms with van der Waals surface area (Å²) in [6, 6.07) is 0. The molecule has 0 aromatic rings. The van der Waals surface area contributed by atoms with E-state index in [-0.39, 0.29) is 6.61 Å². The molecule has 2 nitrogen and oxygen atoms in total. The van der Waals surface area contributed by atoms with Crippen LogP contribution in [0.15, 0.2) is 0 Å². The highest BCUT2D eigenvalue weighted by Crippen LogP contribution is 2.38. The fraction of sp³-hybridized carbons (Fsp3) is 1.00. The van der Waals surface area contributed by atoms with Crippen molar-refractivity contribution in [3.05, 3.63) is 0 Å². The first kappa shape index (κ1) is 17.8. The molecule has 1 rings (SSSR count). The first-order valence-corrected chi connectivity index (χ1v) is 7.69. The van der Waals surface area contributed by atoms with E-state index in [0.717, 1.165) is 32.2 Å². The minimum atomic E-state index is -4.13. The molecule has 1 N–H and O–H groups in total. The first-order valence-electron chi connectivity index (χ1n) is 7.69. The average Bonchev–Trinajstić information content (AvgIpc) is 2.35. The smallest absolute Gasteiger partial charge is 0.373 e. The van der Waals surface area contributed by atoms with Gasteiger partial charge in [-0.15, -0.1) is 0 Å². The van der Waals surface area contributed by atoms with Crippen LogP contribution in [0.4, 0.5) is 13.2 Å². The fourth-order valence-corrected chi connectivity index (χ4v) is 2.94. The van der Waals surface area contributed by atoms with Gasteiger partial charge >= 0.3 is 6.18 Å². The zero-order chi connectivity index (χ0) is 15.2. The Balaban J connectivity index is 2.51. The SMILES string of the molecule is CCNCC1(OCCC(F)(F)F)CCC(C(C)C)CC1. The van der Waals surface area contributed by atoms with E-state index in [1.807, 2.05) is 6.92 Å². The summed E-state index contributed by atoms with van der Waals surface area (Å²) < 4.78 is 42.5. The molecule has 0 heterocycles. The largest absolute Gasteiger partial charge is 0.391 e. The summed E-state index contributed by atoms with van der Waals surface area (Å²) >= 11 is 0. The molecule has 0 aromatic heterocycles. The van der Waals surface area contributed by atoms with Crippen LogP contribution in [0.2, 0.25) is 0 Å². The summed E-state index contributed by atoms with van der Waals surface area (Å²) in [6.45, 7) is 7.69. The Morgan fingerprint density at radius 1 is 1.25 bits per heavy atom. The zero-order valence-corrected chi connectivity index (χ0v) is 12.9. The Morgan fingerprint density at radius 2 is 1.85 bits per heavy atom. The lowest BCUT2D eigenvalue weighted by Gasteiger charge is -2.41. The standard InChI is InChI=1S/C15H28F3NO/c1-4-19-11-14(20-10-9-15(16,17)18)7-5-13(6-8-14)12(2)3/h12-13,19H,4-11H2,1-3H3. The maximum absolute atomic E-state index is 12.3. The molecular weight excluding hydrogens is 267 g/mol. The van der Waals surface area contributed by atoms with Crippen LogP contribution < -0.4 is 5.32 Å². The van der Waals surface area contributed by atoms with E-state index in [2.05, 4.69) is 19.2 Å². The molecule has 1 aliphatic rings. The van der Waals surface area contributed by atoms with Gasteiger partial charge in [-0.2, -0.15) is 13.2 Å². The molecule has 120 valence electrons. The lowest BCUT2D eigenvalue weighted by atomic mass is 9.74. The van der Waals surface area contributed by atoms with Crippen molar-refractivity contribution in [2.24, 2.45) is 11.8 Å². The van der Waals surface area contributed by atoms with Gasteiger partial charge in [-0.1, -0.05) is 20.8 Å². The molecule has 20 heavy (non-hydrogen) atoms. The summed E-state index contributed by atoms with van der Waals surface area (Å²) in [6.07, 6.45) is -1.16. The Labute approximate surface area is 120 Å². The van der Waals surface area contributed by atoms with Crippen LogP contribution in [-0.4, -0.2) is 31.5 Å². The van der Waals surface area contributed by atoms with E-state index >= 15 is 0 Å². The predicted octanol–water partition coefficient (Wildman–Crippen LogP) is 4.15. The van der Waals surface area contributed by atoms with Crippen molar-refractivity contribution < 1.29 is 17.9 Å². The topological polar surface area (TPSA) is 21.3 Å². The van der Waals surface area contributed by atoms with Crippen molar-refractivity contribution in [1.82, 2.24) is 5.32 Å². The Morgan fingerprint density at radius 3 is 2.30 bits per heavy atom. The van der Waals surface area contributed by atoms with Crippen LogP contribution in [0, 0.1) is 11.8 Å². The quantitative estimate of drug-likeness (QED) is 0.762. The molecule has 0 radical (unpaired) electrons. The molecule has 0 spiro atoms. The number of halogens is 3. The molecule has 0 aliphatic heterocycles. The normalized spacial score (nSPS) is 28.1. The van der Waals surface area contributed by atoms with Gasteiger partial charge < -0.3 is 10.1 Å². The van der Waals surface area contributed by atoms with E-state index in [1.165, 1.54) is 0 Å². The summed E-state index contributed by atoms with van der Waals surface area (Å²) in [5.74, 6) is 1.32. The molecule has 0 aromatic carbocycles. The van der Waals surface area contributed by atoms with E-state index in [9.17, 15) is 13.2 Å². The Bertz CT molecular complexity index is 271. The van der Waals surface area contributed by atoms with Crippen molar-refractivity contribution >= 4 is 0 Å². The van der Waals surface area contributed by atoms with Crippen molar-refractivity contribution in [3.8, 4) is 0 Å². The van der Waals surface area contributed by atoms with Gasteiger partial charge in [0.2, 0.25) is 0 Å². The van der Waals surface area contributed by atoms with Crippen molar-refractivity contribution in [1.29, 1.82) is 0 Å². The van der Waals surface area contributed by atoms with E-state index in [4.69, 9.17) is 4.74 Å². The average molecular weight is 295 g/mol. The zero-order valence-electron chi connectivity index (χ0n) is 12.9. The molecule has 1 fully saturated rings. The minimum absolute atomic E-state index is 0.221. The van der Waals surface area contributed by atoms with Crippen LogP contribution in [0.1, 0.15) is 52.9 Å². The first-order chi connectivity index (χ1) is 9.28. The second-order valence-corrected chi connectivity index (χ2v) is 6.26. The lowest BCUT2D eigenvalue weighted by molar-refractivity contribution is -0.163. The van der Waals surface area contributed by atoms with Gasteiger partial charge in [0.25, 0.3) is 0 Å². The molecule has 5 heteroatoms. The number of rotatable bonds is 7. The van der Waals surface area contributed by atoms with E-state index in [1.54, 1.807) is 0 Å². The summed E-state index contributed by atoms with van der Waals surface area (Å²) in [5, 5.41) is 3.24. The second kappa shape index (κ2) is 7.64. The summed E-state index contributed by atoms with van der Waals surface area (Å²) in [4.78, 5) is 0. The van der Waals surface area contributed by atoms with E-state index < -0.39 is 18.2 Å². The highest BCUT2D eigenvalue weighted by molar-refractivity contribution is 4.90. The highest BCUT2D eigenvalue weighted by atomic mass is 19.4. The van der Waals surface area contributed by atoms with Crippen LogP contribution >= 0.6 is 0 Å². The van der Waals surface area contributed by atoms with Crippen molar-refractivity contribution in [2.75, 3.05) is 19.7 Å². The van der Waals surface area contributed by atoms with Gasteiger partial charge in [0.05, 0.1) is 18.6 Å². The van der Waals surface area contributed by atoms with Gasteiger partial charge in [0.1, 0.15) is 0 Å². The fourth-order valence-electron chi connectivity index (χ4n) is 2.94. The second-order valence-electron chi connectivity index (χ2n) is 6.26. The molecule has 0 amide bonds. The Kier molecular flexibility index (Phi) is 6.79. The molecule has 0 bridgehead atoms. The third kappa shape index (κ3) is 6.00. The van der Waals surface area contributed by atoms with Crippen LogP contribution in [-0.2, 0) is 4.74 Å². The van der Waals surface area contributed by atoms with Crippen molar-refractivity contribution in [3.63, 3.8) is 0 Å². The predicted molar refractivity (Wildman–Crippen MR) is 74.7 cm³/mol. The monoisotopic (exact) mass is 295 g/mol. The van der Waals surface area contributed by atoms with Crippen molar-refractivity contribution in [2.45, 2.75) is 64.7 Å². The van der Waals surface area contributed by atoms with Gasteiger partial charge in [-0.25, -0.2) is 0 Å². The van der Waals surface area contributed by atoms with Gasteiger partial charge in [-0.3, -0.25) is 0 Å². The Hall–Kier alpha value is -0.290. The number of ether oxygens (including phenoxy) is 1. The number of likely N-dealkylation sites (N-methyl/N-ethyl adjacent to an activating group) is 1. The molecule has 1 aliphatic carbocycles. The molecule has 1 saturated carbocycles. The number of hydrogen-bond acceptors (Lipinski definition) is 2. The van der Waals surface area contributed by atoms with Gasteiger partial charge in [0.15, 0.2) is 0 Å².